The van der Waals surface area contributed by atoms with Gasteiger partial charge in [0.15, 0.2) is 0 Å². The van der Waals surface area contributed by atoms with Gasteiger partial charge in [-0.15, -0.1) is 12.4 Å². The van der Waals surface area contributed by atoms with Crippen LogP contribution in [0, 0.1) is 20.8 Å². The predicted octanol–water partition coefficient (Wildman–Crippen LogP) is 2.48. The van der Waals surface area contributed by atoms with Crippen LogP contribution in [0.3, 0.4) is 0 Å². The van der Waals surface area contributed by atoms with Crippen LogP contribution in [-0.4, -0.2) is 35.5 Å². The summed E-state index contributed by atoms with van der Waals surface area (Å²) in [6.07, 6.45) is -0.545. The maximum Gasteiger partial charge on any atom is 0.123 e. The molecule has 0 amide bonds. The van der Waals surface area contributed by atoms with E-state index in [1.54, 1.807) is 6.07 Å². The minimum absolute atomic E-state index is 0. The summed E-state index contributed by atoms with van der Waals surface area (Å²) in [5.41, 5.74) is 2.52. The van der Waals surface area contributed by atoms with Gasteiger partial charge in [-0.05, 0) is 43.5 Å². The van der Waals surface area contributed by atoms with Crippen molar-refractivity contribution in [1.29, 1.82) is 0 Å². The van der Waals surface area contributed by atoms with E-state index in [0.717, 1.165) is 22.4 Å². The number of hydrogen-bond acceptors (Lipinski definition) is 4. The SMILES string of the molecule is Cc1cc(OCC(O)CNC(C)C)c(C)c(C)c1O.Cl. The highest BCUT2D eigenvalue weighted by molar-refractivity contribution is 5.85. The normalized spacial score (nSPS) is 12.2. The van der Waals surface area contributed by atoms with Crippen LogP contribution in [-0.2, 0) is 0 Å². The zero-order valence-electron chi connectivity index (χ0n) is 12.9. The average Bonchev–Trinajstić information content (AvgIpc) is 2.36. The smallest absolute Gasteiger partial charge is 0.123 e. The van der Waals surface area contributed by atoms with Gasteiger partial charge in [0.1, 0.15) is 24.2 Å². The maximum absolute atomic E-state index is 9.82. The molecule has 0 saturated carbocycles. The number of rotatable bonds is 6. The van der Waals surface area contributed by atoms with E-state index in [2.05, 4.69) is 5.32 Å². The molecule has 0 heterocycles. The molecule has 0 radical (unpaired) electrons. The van der Waals surface area contributed by atoms with E-state index in [0.29, 0.717) is 18.3 Å². The molecule has 0 saturated heterocycles. The van der Waals surface area contributed by atoms with Gasteiger partial charge in [0.2, 0.25) is 0 Å². The Kier molecular flexibility index (Phi) is 7.94. The summed E-state index contributed by atoms with van der Waals surface area (Å²) in [6.45, 7) is 10.4. The van der Waals surface area contributed by atoms with Crippen LogP contribution in [0.15, 0.2) is 6.07 Å². The lowest BCUT2D eigenvalue weighted by molar-refractivity contribution is 0.104. The fourth-order valence-electron chi connectivity index (χ4n) is 1.80. The van der Waals surface area contributed by atoms with Crippen LogP contribution in [0.1, 0.15) is 30.5 Å². The molecule has 4 nitrogen and oxygen atoms in total. The molecular formula is C15H26ClNO3. The molecule has 116 valence electrons. The van der Waals surface area contributed by atoms with Crippen LogP contribution in [0.4, 0.5) is 0 Å². The highest BCUT2D eigenvalue weighted by Gasteiger charge is 2.12. The molecule has 20 heavy (non-hydrogen) atoms. The first-order valence-electron chi connectivity index (χ1n) is 6.67. The Labute approximate surface area is 127 Å². The molecule has 0 spiro atoms. The van der Waals surface area contributed by atoms with Crippen molar-refractivity contribution in [2.75, 3.05) is 13.2 Å². The van der Waals surface area contributed by atoms with Crippen LogP contribution in [0.25, 0.3) is 0 Å². The van der Waals surface area contributed by atoms with Gasteiger partial charge in [0.25, 0.3) is 0 Å². The standard InChI is InChI=1S/C15H25NO3.ClH/c1-9(2)16-7-13(17)8-19-14-6-10(3)15(18)12(5)11(14)4;/h6,9,13,16-18H,7-8H2,1-5H3;1H. The van der Waals surface area contributed by atoms with Gasteiger partial charge >= 0.3 is 0 Å². The van der Waals surface area contributed by atoms with E-state index in [1.807, 2.05) is 34.6 Å². The first-order chi connectivity index (χ1) is 8.82. The lowest BCUT2D eigenvalue weighted by atomic mass is 10.0. The molecule has 5 heteroatoms. The second kappa shape index (κ2) is 8.35. The van der Waals surface area contributed by atoms with E-state index in [4.69, 9.17) is 4.74 Å². The summed E-state index contributed by atoms with van der Waals surface area (Å²) in [7, 11) is 0. The summed E-state index contributed by atoms with van der Waals surface area (Å²) in [5.74, 6) is 1.03. The highest BCUT2D eigenvalue weighted by Crippen LogP contribution is 2.31. The zero-order valence-corrected chi connectivity index (χ0v) is 13.7. The number of aryl methyl sites for hydroxylation is 1. The molecule has 0 aliphatic heterocycles. The highest BCUT2D eigenvalue weighted by atomic mass is 35.5. The Morgan fingerprint density at radius 2 is 1.80 bits per heavy atom. The summed E-state index contributed by atoms with van der Waals surface area (Å²) in [6, 6.07) is 2.15. The zero-order chi connectivity index (χ0) is 14.6. The van der Waals surface area contributed by atoms with Crippen LogP contribution >= 0.6 is 12.4 Å². The van der Waals surface area contributed by atoms with E-state index in [1.165, 1.54) is 0 Å². The van der Waals surface area contributed by atoms with Gasteiger partial charge in [-0.3, -0.25) is 0 Å². The molecule has 0 aliphatic carbocycles. The summed E-state index contributed by atoms with van der Waals surface area (Å²) >= 11 is 0. The Morgan fingerprint density at radius 3 is 2.35 bits per heavy atom. The van der Waals surface area contributed by atoms with Crippen molar-refractivity contribution in [1.82, 2.24) is 5.32 Å². The Morgan fingerprint density at radius 1 is 1.20 bits per heavy atom. The molecule has 1 unspecified atom stereocenters. The van der Waals surface area contributed by atoms with E-state index in [9.17, 15) is 10.2 Å². The van der Waals surface area contributed by atoms with E-state index >= 15 is 0 Å². The number of aromatic hydroxyl groups is 1. The number of aliphatic hydroxyl groups excluding tert-OH is 1. The van der Waals surface area contributed by atoms with E-state index in [-0.39, 0.29) is 19.0 Å². The van der Waals surface area contributed by atoms with Crippen molar-refractivity contribution in [2.45, 2.75) is 46.8 Å². The Balaban J connectivity index is 0.00000361. The first-order valence-corrected chi connectivity index (χ1v) is 6.67. The molecule has 1 aromatic carbocycles. The molecule has 1 atom stereocenters. The van der Waals surface area contributed by atoms with Crippen molar-refractivity contribution >= 4 is 12.4 Å². The number of phenolic OH excluding ortho intramolecular Hbond substituents is 1. The number of halogens is 1. The van der Waals surface area contributed by atoms with Crippen LogP contribution < -0.4 is 10.1 Å². The van der Waals surface area contributed by atoms with Gasteiger partial charge in [0, 0.05) is 12.6 Å². The lowest BCUT2D eigenvalue weighted by Crippen LogP contribution is -2.35. The summed E-state index contributed by atoms with van der Waals surface area (Å²) < 4.78 is 5.65. The van der Waals surface area contributed by atoms with Crippen LogP contribution in [0.2, 0.25) is 0 Å². The number of ether oxygens (including phenoxy) is 1. The Hall–Kier alpha value is -0.970. The van der Waals surface area contributed by atoms with Gasteiger partial charge in [-0.25, -0.2) is 0 Å². The molecule has 0 aliphatic rings. The molecule has 3 N–H and O–H groups in total. The number of aliphatic hydroxyl groups is 1. The van der Waals surface area contributed by atoms with E-state index < -0.39 is 6.10 Å². The summed E-state index contributed by atoms with van der Waals surface area (Å²) in [4.78, 5) is 0. The van der Waals surface area contributed by atoms with Gasteiger partial charge in [-0.1, -0.05) is 13.8 Å². The van der Waals surface area contributed by atoms with Gasteiger partial charge in [0.05, 0.1) is 0 Å². The average molecular weight is 304 g/mol. The minimum Gasteiger partial charge on any atom is -0.507 e. The number of hydrogen-bond donors (Lipinski definition) is 3. The molecule has 1 aromatic rings. The minimum atomic E-state index is -0.545. The quantitative estimate of drug-likeness (QED) is 0.755. The largest absolute Gasteiger partial charge is 0.507 e. The fourth-order valence-corrected chi connectivity index (χ4v) is 1.80. The number of benzene rings is 1. The molecule has 0 bridgehead atoms. The molecular weight excluding hydrogens is 278 g/mol. The predicted molar refractivity (Wildman–Crippen MR) is 84.2 cm³/mol. The van der Waals surface area contributed by atoms with Crippen molar-refractivity contribution < 1.29 is 14.9 Å². The van der Waals surface area contributed by atoms with Crippen molar-refractivity contribution in [3.63, 3.8) is 0 Å². The number of nitrogens with one attached hydrogen (secondary N) is 1. The first kappa shape index (κ1) is 19.0. The second-order valence-electron chi connectivity index (χ2n) is 5.32. The van der Waals surface area contributed by atoms with Crippen LogP contribution in [0.5, 0.6) is 11.5 Å². The topological polar surface area (TPSA) is 61.7 Å². The fraction of sp³-hybridized carbons (Fsp3) is 0.600. The van der Waals surface area contributed by atoms with Crippen molar-refractivity contribution in [3.05, 3.63) is 22.8 Å². The molecule has 0 aromatic heterocycles. The monoisotopic (exact) mass is 303 g/mol. The van der Waals surface area contributed by atoms with Crippen molar-refractivity contribution in [2.24, 2.45) is 0 Å². The lowest BCUT2D eigenvalue weighted by Gasteiger charge is -2.18. The van der Waals surface area contributed by atoms with Crippen molar-refractivity contribution in [3.8, 4) is 11.5 Å². The van der Waals surface area contributed by atoms with Gasteiger partial charge in [-0.2, -0.15) is 0 Å². The number of phenols is 1. The molecule has 1 rings (SSSR count). The van der Waals surface area contributed by atoms with Gasteiger partial charge < -0.3 is 20.3 Å². The second-order valence-corrected chi connectivity index (χ2v) is 5.32. The third-order valence-electron chi connectivity index (χ3n) is 3.20. The molecule has 0 fully saturated rings. The summed E-state index contributed by atoms with van der Waals surface area (Å²) in [5, 5.41) is 22.8. The third-order valence-corrected chi connectivity index (χ3v) is 3.20. The Bertz CT molecular complexity index is 436. The third kappa shape index (κ3) is 5.19. The maximum atomic E-state index is 9.82.